The molecule has 0 saturated heterocycles. The van der Waals surface area contributed by atoms with E-state index in [1.807, 2.05) is 48.8 Å². The Hall–Kier alpha value is -7.27. The van der Waals surface area contributed by atoms with Gasteiger partial charge < -0.3 is 28.3 Å². The van der Waals surface area contributed by atoms with Crippen LogP contribution in [-0.4, -0.2) is 14.5 Å². The van der Waals surface area contributed by atoms with Crippen LogP contribution >= 0.6 is 0 Å². The Morgan fingerprint density at radius 1 is 0.459 bits per heavy atom. The molecule has 0 atom stereocenters. The van der Waals surface area contributed by atoms with Crippen molar-refractivity contribution in [3.63, 3.8) is 0 Å². The maximum atomic E-state index is 6.12. The van der Waals surface area contributed by atoms with Gasteiger partial charge in [-0.15, -0.1) is 59.7 Å². The molecule has 6 nitrogen and oxygen atoms in total. The Kier molecular flexibility index (Phi) is 8.73. The molecule has 61 heavy (non-hydrogen) atoms. The fourth-order valence-electron chi connectivity index (χ4n) is 9.02. The van der Waals surface area contributed by atoms with E-state index in [0.717, 1.165) is 100 Å². The summed E-state index contributed by atoms with van der Waals surface area (Å²) in [4.78, 5) is 12.0. The second-order valence-electron chi connectivity index (χ2n) is 15.4. The van der Waals surface area contributed by atoms with Crippen molar-refractivity contribution in [3.8, 4) is 28.2 Å². The summed E-state index contributed by atoms with van der Waals surface area (Å²) in [7, 11) is 0. The molecule has 0 fully saturated rings. The quantitative estimate of drug-likeness (QED) is 0.155. The average molecular weight is 966 g/mol. The van der Waals surface area contributed by atoms with E-state index in [-0.39, 0.29) is 21.1 Å². The van der Waals surface area contributed by atoms with Crippen LogP contribution in [0.15, 0.2) is 179 Å². The predicted molar refractivity (Wildman–Crippen MR) is 244 cm³/mol. The summed E-state index contributed by atoms with van der Waals surface area (Å²) in [6.07, 6.45) is 3.63. The van der Waals surface area contributed by atoms with E-state index in [1.165, 1.54) is 21.8 Å². The minimum atomic E-state index is 0. The van der Waals surface area contributed by atoms with Crippen molar-refractivity contribution in [1.82, 2.24) is 14.5 Å². The van der Waals surface area contributed by atoms with Crippen molar-refractivity contribution in [1.29, 1.82) is 0 Å². The standard InChI is InChI=1S/C54H34N4O2.Pt/c1-33-25-39(58-48-21-7-3-17-40(48)41-18-4-8-22-49(41)58)26-34(2)54(33)57(37-15-11-13-35(27-37)46-29-44-42-19-5-9-23-50(42)59-52(44)31-55-46)38-16-12-14-36(28-38)47-30-45-43-20-6-10-24-51(43)60-53(45)32-56-47;/h3-26,29-32H,1-2H3;/q-2;+2. The molecule has 0 radical (unpaired) electrons. The van der Waals surface area contributed by atoms with Crippen LogP contribution in [0.1, 0.15) is 11.1 Å². The van der Waals surface area contributed by atoms with E-state index in [9.17, 15) is 0 Å². The third-order valence-electron chi connectivity index (χ3n) is 11.7. The third-order valence-corrected chi connectivity index (χ3v) is 11.7. The maximum Gasteiger partial charge on any atom is 2.00 e. The summed E-state index contributed by atoms with van der Waals surface area (Å²) in [5.41, 5.74) is 15.0. The Bertz CT molecular complexity index is 3440. The first-order valence-electron chi connectivity index (χ1n) is 20.1. The molecule has 0 aliphatic carbocycles. The first kappa shape index (κ1) is 36.8. The molecule has 12 rings (SSSR count). The van der Waals surface area contributed by atoms with Crippen LogP contribution in [0, 0.1) is 26.0 Å². The summed E-state index contributed by atoms with van der Waals surface area (Å²) < 4.78 is 14.6. The van der Waals surface area contributed by atoms with E-state index < -0.39 is 0 Å². The van der Waals surface area contributed by atoms with Gasteiger partial charge in [-0.2, -0.15) is 0 Å². The summed E-state index contributed by atoms with van der Waals surface area (Å²) >= 11 is 0. The van der Waals surface area contributed by atoms with Crippen molar-refractivity contribution in [2.45, 2.75) is 13.8 Å². The number of fused-ring (bicyclic) bond motifs is 9. The van der Waals surface area contributed by atoms with Crippen molar-refractivity contribution >= 4 is 82.7 Å². The molecular formula is C54H34N4O2Pt. The van der Waals surface area contributed by atoms with Crippen LogP contribution in [0.25, 0.3) is 93.9 Å². The summed E-state index contributed by atoms with van der Waals surface area (Å²) in [5, 5.41) is 6.63. The third kappa shape index (κ3) is 5.97. The van der Waals surface area contributed by atoms with Gasteiger partial charge in [-0.25, -0.2) is 0 Å². The topological polar surface area (TPSA) is 60.2 Å². The number of para-hydroxylation sites is 4. The minimum absolute atomic E-state index is 0. The Morgan fingerprint density at radius 2 is 0.902 bits per heavy atom. The molecule has 292 valence electrons. The molecule has 12 aromatic rings. The predicted octanol–water partition coefficient (Wildman–Crippen LogP) is 14.4. The number of anilines is 3. The van der Waals surface area contributed by atoms with Gasteiger partial charge in [0.1, 0.15) is 11.2 Å². The van der Waals surface area contributed by atoms with E-state index in [4.69, 9.17) is 18.8 Å². The second kappa shape index (κ2) is 14.5. The number of nitrogens with zero attached hydrogens (tertiary/aromatic N) is 4. The Morgan fingerprint density at radius 3 is 1.39 bits per heavy atom. The molecule has 0 spiro atoms. The van der Waals surface area contributed by atoms with Gasteiger partial charge in [0.05, 0.1) is 23.4 Å². The minimum Gasteiger partial charge on any atom is -0.455 e. The average Bonchev–Trinajstić information content (AvgIpc) is 3.97. The van der Waals surface area contributed by atoms with Crippen LogP contribution in [0.5, 0.6) is 0 Å². The van der Waals surface area contributed by atoms with Gasteiger partial charge in [0.15, 0.2) is 11.2 Å². The summed E-state index contributed by atoms with van der Waals surface area (Å²) in [5.74, 6) is 0. The smallest absolute Gasteiger partial charge is 0.455 e. The Balaban J connectivity index is 0.00000420. The molecule has 0 unspecified atom stereocenters. The zero-order valence-corrected chi connectivity index (χ0v) is 35.4. The van der Waals surface area contributed by atoms with Crippen LogP contribution in [-0.2, 0) is 21.1 Å². The number of furan rings is 2. The SMILES string of the molecule is Cc1cc(-n2c3ccccc3c3ccccc32)cc(C)c1N(c1[c-]c(-c2cc3c(cn2)oc2ccccc23)ccc1)c1[c-]c(-c2cc3c(cn2)oc2ccccc23)ccc1.[Pt+2]. The van der Waals surface area contributed by atoms with Crippen LogP contribution in [0.2, 0.25) is 0 Å². The maximum absolute atomic E-state index is 6.12. The number of benzene rings is 7. The van der Waals surface area contributed by atoms with Crippen molar-refractivity contribution < 1.29 is 29.9 Å². The molecule has 5 heterocycles. The van der Waals surface area contributed by atoms with Gasteiger partial charge in [-0.3, -0.25) is 0 Å². The van der Waals surface area contributed by atoms with E-state index in [2.05, 4.69) is 157 Å². The second-order valence-corrected chi connectivity index (χ2v) is 15.4. The molecule has 7 heteroatoms. The molecule has 7 aromatic carbocycles. The first-order valence-corrected chi connectivity index (χ1v) is 20.1. The number of aryl methyl sites for hydroxylation is 2. The van der Waals surface area contributed by atoms with Gasteiger partial charge in [-0.05, 0) is 84.1 Å². The zero-order valence-electron chi connectivity index (χ0n) is 33.1. The van der Waals surface area contributed by atoms with Gasteiger partial charge in [-0.1, -0.05) is 84.9 Å². The van der Waals surface area contributed by atoms with Crippen LogP contribution < -0.4 is 4.90 Å². The first-order chi connectivity index (χ1) is 29.6. The molecule has 0 saturated carbocycles. The molecule has 0 aliphatic rings. The zero-order chi connectivity index (χ0) is 39.9. The molecule has 0 amide bonds. The number of pyridine rings is 2. The van der Waals surface area contributed by atoms with Crippen molar-refractivity contribution in [2.75, 3.05) is 4.90 Å². The van der Waals surface area contributed by atoms with Gasteiger partial charge in [0.25, 0.3) is 0 Å². The van der Waals surface area contributed by atoms with Gasteiger partial charge in [0, 0.05) is 43.7 Å². The van der Waals surface area contributed by atoms with Gasteiger partial charge in [0.2, 0.25) is 0 Å². The summed E-state index contributed by atoms with van der Waals surface area (Å²) in [6, 6.07) is 62.4. The van der Waals surface area contributed by atoms with Crippen molar-refractivity contribution in [2.24, 2.45) is 0 Å². The Labute approximate surface area is 365 Å². The van der Waals surface area contributed by atoms with E-state index in [1.54, 1.807) is 0 Å². The van der Waals surface area contributed by atoms with E-state index in [0.29, 0.717) is 0 Å². The molecule has 5 aromatic heterocycles. The fraction of sp³-hybridized carbons (Fsp3) is 0.0370. The largest absolute Gasteiger partial charge is 2.00 e. The molecular weight excluding hydrogens is 932 g/mol. The molecule has 0 bridgehead atoms. The number of hydrogen-bond donors (Lipinski definition) is 0. The van der Waals surface area contributed by atoms with Crippen LogP contribution in [0.4, 0.5) is 17.1 Å². The van der Waals surface area contributed by atoms with E-state index >= 15 is 0 Å². The number of aromatic nitrogens is 3. The van der Waals surface area contributed by atoms with Crippen LogP contribution in [0.3, 0.4) is 0 Å². The number of hydrogen-bond acceptors (Lipinski definition) is 5. The normalized spacial score (nSPS) is 11.6. The monoisotopic (exact) mass is 965 g/mol. The summed E-state index contributed by atoms with van der Waals surface area (Å²) in [6.45, 7) is 4.39. The van der Waals surface area contributed by atoms with Crippen molar-refractivity contribution in [3.05, 3.63) is 193 Å². The molecule has 0 N–H and O–H groups in total. The fourth-order valence-corrected chi connectivity index (χ4v) is 9.02. The van der Waals surface area contributed by atoms with Gasteiger partial charge >= 0.3 is 21.1 Å². The number of rotatable bonds is 6. The molecule has 0 aliphatic heterocycles.